The molecule has 0 saturated heterocycles. The van der Waals surface area contributed by atoms with Crippen LogP contribution in [0.15, 0.2) is 59.5 Å². The molecule has 0 bridgehead atoms. The Bertz CT molecular complexity index is 787. The normalized spacial score (nSPS) is 11.1. The van der Waals surface area contributed by atoms with Crippen LogP contribution < -0.4 is 4.72 Å². The van der Waals surface area contributed by atoms with Crippen molar-refractivity contribution in [1.29, 1.82) is 0 Å². The van der Waals surface area contributed by atoms with Gasteiger partial charge in [-0.1, -0.05) is 31.5 Å². The van der Waals surface area contributed by atoms with Crippen molar-refractivity contribution in [1.82, 2.24) is 4.90 Å². The number of amides is 1. The number of anilines is 1. The largest absolute Gasteiger partial charge is 0.339 e. The van der Waals surface area contributed by atoms with E-state index in [2.05, 4.69) is 11.6 Å². The minimum Gasteiger partial charge on any atom is -0.339 e. The molecule has 1 amide bonds. The molecule has 6 heteroatoms. The van der Waals surface area contributed by atoms with Crippen molar-refractivity contribution in [3.8, 4) is 0 Å². The van der Waals surface area contributed by atoms with Crippen molar-refractivity contribution < 1.29 is 13.2 Å². The molecule has 1 N–H and O–H groups in total. The summed E-state index contributed by atoms with van der Waals surface area (Å²) in [5, 5.41) is 0. The van der Waals surface area contributed by atoms with Crippen LogP contribution in [0.1, 0.15) is 37.0 Å². The monoisotopic (exact) mass is 360 g/mol. The van der Waals surface area contributed by atoms with Crippen LogP contribution in [0.4, 0.5) is 5.69 Å². The van der Waals surface area contributed by atoms with Gasteiger partial charge in [0.1, 0.15) is 0 Å². The Morgan fingerprint density at radius 3 is 2.20 bits per heavy atom. The van der Waals surface area contributed by atoms with Gasteiger partial charge >= 0.3 is 0 Å². The lowest BCUT2D eigenvalue weighted by Crippen LogP contribution is -2.31. The summed E-state index contributed by atoms with van der Waals surface area (Å²) in [4.78, 5) is 14.5. The third-order valence-electron chi connectivity index (χ3n) is 3.89. The minimum absolute atomic E-state index is 0.0339. The van der Waals surface area contributed by atoms with Crippen LogP contribution in [-0.2, 0) is 10.0 Å². The number of carbonyl (C=O) groups is 1. The van der Waals surface area contributed by atoms with E-state index in [9.17, 15) is 13.2 Å². The van der Waals surface area contributed by atoms with E-state index in [0.29, 0.717) is 17.8 Å². The molecule has 134 valence electrons. The van der Waals surface area contributed by atoms with Gasteiger partial charge in [-0.15, -0.1) is 0 Å². The molecule has 25 heavy (non-hydrogen) atoms. The molecule has 0 heterocycles. The minimum atomic E-state index is -3.62. The SMILES string of the molecule is CCCCN(CC)C(=O)c1ccc(NS(=O)(=O)c2ccccc2)cc1. The van der Waals surface area contributed by atoms with Crippen molar-refractivity contribution >= 4 is 21.6 Å². The Morgan fingerprint density at radius 1 is 1.00 bits per heavy atom. The van der Waals surface area contributed by atoms with Crippen LogP contribution in [0, 0.1) is 0 Å². The van der Waals surface area contributed by atoms with Crippen LogP contribution >= 0.6 is 0 Å². The molecule has 0 aliphatic rings. The molecule has 0 aromatic heterocycles. The Balaban J connectivity index is 2.10. The van der Waals surface area contributed by atoms with Gasteiger partial charge in [0, 0.05) is 24.3 Å². The number of benzene rings is 2. The fraction of sp³-hybridized carbons (Fsp3) is 0.316. The van der Waals surface area contributed by atoms with Gasteiger partial charge in [-0.3, -0.25) is 9.52 Å². The molecule has 2 aromatic rings. The quantitative estimate of drug-likeness (QED) is 0.780. The van der Waals surface area contributed by atoms with E-state index in [4.69, 9.17) is 0 Å². The predicted octanol–water partition coefficient (Wildman–Crippen LogP) is 3.75. The zero-order valence-corrected chi connectivity index (χ0v) is 15.4. The van der Waals surface area contributed by atoms with Crippen molar-refractivity contribution in [3.63, 3.8) is 0 Å². The maximum atomic E-state index is 12.5. The number of hydrogen-bond donors (Lipinski definition) is 1. The molecule has 0 aliphatic carbocycles. The summed E-state index contributed by atoms with van der Waals surface area (Å²) in [5.41, 5.74) is 0.984. The molecule has 0 aliphatic heterocycles. The Kier molecular flexibility index (Phi) is 6.58. The molecule has 0 unspecified atom stereocenters. The highest BCUT2D eigenvalue weighted by molar-refractivity contribution is 7.92. The molecule has 0 atom stereocenters. The molecule has 2 aromatic carbocycles. The number of sulfonamides is 1. The van der Waals surface area contributed by atoms with Gasteiger partial charge in [0.2, 0.25) is 0 Å². The first kappa shape index (κ1) is 19.0. The van der Waals surface area contributed by atoms with E-state index in [-0.39, 0.29) is 10.8 Å². The summed E-state index contributed by atoms with van der Waals surface area (Å²) in [5.74, 6) is -0.0339. The average Bonchev–Trinajstić information content (AvgIpc) is 2.63. The van der Waals surface area contributed by atoms with Crippen LogP contribution in [0.2, 0.25) is 0 Å². The topological polar surface area (TPSA) is 66.5 Å². The first-order valence-corrected chi connectivity index (χ1v) is 9.93. The summed E-state index contributed by atoms with van der Waals surface area (Å²) in [6, 6.07) is 14.7. The first-order valence-electron chi connectivity index (χ1n) is 8.45. The maximum absolute atomic E-state index is 12.5. The highest BCUT2D eigenvalue weighted by Gasteiger charge is 2.16. The molecule has 0 spiro atoms. The Labute approximate surface area is 149 Å². The van der Waals surface area contributed by atoms with Crippen molar-refractivity contribution in [2.75, 3.05) is 17.8 Å². The summed E-state index contributed by atoms with van der Waals surface area (Å²) in [7, 11) is -3.62. The highest BCUT2D eigenvalue weighted by Crippen LogP contribution is 2.17. The number of unbranched alkanes of at least 4 members (excludes halogenated alkanes) is 1. The van der Waals surface area contributed by atoms with E-state index in [1.54, 1.807) is 47.4 Å². The summed E-state index contributed by atoms with van der Waals surface area (Å²) in [6.45, 7) is 5.43. The molecule has 2 rings (SSSR count). The van der Waals surface area contributed by atoms with E-state index in [1.165, 1.54) is 12.1 Å². The second-order valence-corrected chi connectivity index (χ2v) is 7.42. The van der Waals surface area contributed by atoms with Crippen LogP contribution in [-0.4, -0.2) is 32.3 Å². The van der Waals surface area contributed by atoms with Gasteiger partial charge < -0.3 is 4.90 Å². The van der Waals surface area contributed by atoms with E-state index in [1.807, 2.05) is 6.92 Å². The molecular weight excluding hydrogens is 336 g/mol. The molecule has 0 saturated carbocycles. The van der Waals surface area contributed by atoms with Gasteiger partial charge in [0.05, 0.1) is 4.90 Å². The molecule has 5 nitrogen and oxygen atoms in total. The van der Waals surface area contributed by atoms with Crippen molar-refractivity contribution in [2.24, 2.45) is 0 Å². The number of carbonyl (C=O) groups excluding carboxylic acids is 1. The molecule has 0 fully saturated rings. The van der Waals surface area contributed by atoms with Crippen LogP contribution in [0.25, 0.3) is 0 Å². The van der Waals surface area contributed by atoms with Crippen LogP contribution in [0.5, 0.6) is 0 Å². The summed E-state index contributed by atoms with van der Waals surface area (Å²) < 4.78 is 27.1. The number of rotatable bonds is 8. The zero-order chi connectivity index (χ0) is 18.3. The number of nitrogens with one attached hydrogen (secondary N) is 1. The average molecular weight is 360 g/mol. The van der Waals surface area contributed by atoms with Gasteiger partial charge in [-0.25, -0.2) is 8.42 Å². The zero-order valence-electron chi connectivity index (χ0n) is 14.6. The van der Waals surface area contributed by atoms with Crippen molar-refractivity contribution in [3.05, 3.63) is 60.2 Å². The molecule has 0 radical (unpaired) electrons. The number of hydrogen-bond acceptors (Lipinski definition) is 3. The van der Waals surface area contributed by atoms with Gasteiger partial charge in [0.25, 0.3) is 15.9 Å². The van der Waals surface area contributed by atoms with E-state index < -0.39 is 10.0 Å². The smallest absolute Gasteiger partial charge is 0.261 e. The predicted molar refractivity (Wildman–Crippen MR) is 100 cm³/mol. The summed E-state index contributed by atoms with van der Waals surface area (Å²) in [6.07, 6.45) is 2.00. The fourth-order valence-electron chi connectivity index (χ4n) is 2.43. The Morgan fingerprint density at radius 2 is 1.64 bits per heavy atom. The highest BCUT2D eigenvalue weighted by atomic mass is 32.2. The maximum Gasteiger partial charge on any atom is 0.261 e. The summed E-state index contributed by atoms with van der Waals surface area (Å²) >= 11 is 0. The van der Waals surface area contributed by atoms with Crippen molar-refractivity contribution in [2.45, 2.75) is 31.6 Å². The lowest BCUT2D eigenvalue weighted by Gasteiger charge is -2.20. The lowest BCUT2D eigenvalue weighted by atomic mass is 10.1. The van der Waals surface area contributed by atoms with Gasteiger partial charge in [0.15, 0.2) is 0 Å². The second-order valence-electron chi connectivity index (χ2n) is 5.73. The van der Waals surface area contributed by atoms with Gasteiger partial charge in [-0.2, -0.15) is 0 Å². The van der Waals surface area contributed by atoms with E-state index in [0.717, 1.165) is 19.4 Å². The lowest BCUT2D eigenvalue weighted by molar-refractivity contribution is 0.0762. The standard InChI is InChI=1S/C19H24N2O3S/c1-3-5-15-21(4-2)19(22)16-11-13-17(14-12-16)20-25(23,24)18-9-7-6-8-10-18/h6-14,20H,3-5,15H2,1-2H3. The molecular formula is C19H24N2O3S. The Hall–Kier alpha value is -2.34. The van der Waals surface area contributed by atoms with Gasteiger partial charge in [-0.05, 0) is 49.7 Å². The van der Waals surface area contributed by atoms with E-state index >= 15 is 0 Å². The first-order chi connectivity index (χ1) is 12.0. The number of nitrogens with zero attached hydrogens (tertiary/aromatic N) is 1. The fourth-order valence-corrected chi connectivity index (χ4v) is 3.51. The second kappa shape index (κ2) is 8.67. The third kappa shape index (κ3) is 5.06. The van der Waals surface area contributed by atoms with Crippen LogP contribution in [0.3, 0.4) is 0 Å². The third-order valence-corrected chi connectivity index (χ3v) is 5.29.